The molecule has 0 aliphatic heterocycles. The van der Waals surface area contributed by atoms with Gasteiger partial charge in [-0.1, -0.05) is 26.7 Å². The molecular weight excluding hydrogens is 268 g/mol. The molecule has 0 atom stereocenters. The molecule has 120 valence electrons. The van der Waals surface area contributed by atoms with E-state index in [2.05, 4.69) is 13.8 Å². The number of carboxylic acids is 1. The first-order valence-corrected chi connectivity index (χ1v) is 8.24. The van der Waals surface area contributed by atoms with Gasteiger partial charge in [0.05, 0.1) is 0 Å². The first-order chi connectivity index (χ1) is 9.97. The van der Waals surface area contributed by atoms with Gasteiger partial charge < -0.3 is 14.9 Å². The standard InChI is InChI=1S/C16H28N2O3/c1-12(2)9-18(14-5-3-4-6-14)16(21)17(11-15(19)20)10-13-7-8-13/h12-14H,3-11H2,1-2H3,(H,19,20). The third kappa shape index (κ3) is 4.90. The monoisotopic (exact) mass is 296 g/mol. The fraction of sp³-hybridized carbons (Fsp3) is 0.875. The van der Waals surface area contributed by atoms with Gasteiger partial charge in [-0.3, -0.25) is 4.79 Å². The molecule has 0 bridgehead atoms. The fourth-order valence-corrected chi connectivity index (χ4v) is 3.16. The molecule has 5 nitrogen and oxygen atoms in total. The largest absolute Gasteiger partial charge is 0.480 e. The molecule has 21 heavy (non-hydrogen) atoms. The quantitative estimate of drug-likeness (QED) is 0.786. The van der Waals surface area contributed by atoms with Crippen LogP contribution in [0.4, 0.5) is 4.79 Å². The topological polar surface area (TPSA) is 60.9 Å². The zero-order valence-electron chi connectivity index (χ0n) is 13.3. The van der Waals surface area contributed by atoms with E-state index >= 15 is 0 Å². The normalized spacial score (nSPS) is 19.0. The Labute approximate surface area is 127 Å². The third-order valence-electron chi connectivity index (χ3n) is 4.35. The highest BCUT2D eigenvalue weighted by atomic mass is 16.4. The Bertz CT molecular complexity index is 374. The van der Waals surface area contributed by atoms with Crippen molar-refractivity contribution < 1.29 is 14.7 Å². The average Bonchev–Trinajstić information content (AvgIpc) is 3.04. The Kier molecular flexibility index (Phi) is 5.48. The van der Waals surface area contributed by atoms with E-state index in [-0.39, 0.29) is 12.6 Å². The van der Waals surface area contributed by atoms with Crippen molar-refractivity contribution in [3.05, 3.63) is 0 Å². The highest BCUT2D eigenvalue weighted by Crippen LogP contribution is 2.31. The number of carbonyl (C=O) groups is 2. The minimum atomic E-state index is -0.917. The first-order valence-electron chi connectivity index (χ1n) is 8.24. The Hall–Kier alpha value is -1.26. The smallest absolute Gasteiger partial charge is 0.323 e. The SMILES string of the molecule is CC(C)CN(C(=O)N(CC(=O)O)CC1CC1)C1CCCC1. The molecule has 1 N–H and O–H groups in total. The molecule has 0 spiro atoms. The van der Waals surface area contributed by atoms with Crippen molar-refractivity contribution in [1.29, 1.82) is 0 Å². The number of hydrogen-bond donors (Lipinski definition) is 1. The van der Waals surface area contributed by atoms with Crippen LogP contribution in [0, 0.1) is 11.8 Å². The number of hydrogen-bond acceptors (Lipinski definition) is 2. The molecule has 2 aliphatic rings. The number of amides is 2. The zero-order valence-corrected chi connectivity index (χ0v) is 13.3. The fourth-order valence-electron chi connectivity index (χ4n) is 3.16. The van der Waals surface area contributed by atoms with Crippen LogP contribution in [0.25, 0.3) is 0 Å². The average molecular weight is 296 g/mol. The van der Waals surface area contributed by atoms with E-state index < -0.39 is 5.97 Å². The lowest BCUT2D eigenvalue weighted by Gasteiger charge is -2.35. The second-order valence-corrected chi connectivity index (χ2v) is 6.98. The van der Waals surface area contributed by atoms with Gasteiger partial charge in [0, 0.05) is 19.1 Å². The molecule has 2 aliphatic carbocycles. The van der Waals surface area contributed by atoms with Crippen molar-refractivity contribution in [2.45, 2.75) is 58.4 Å². The Morgan fingerprint density at radius 2 is 1.76 bits per heavy atom. The molecule has 0 saturated heterocycles. The van der Waals surface area contributed by atoms with E-state index in [1.165, 1.54) is 12.8 Å². The molecule has 2 saturated carbocycles. The molecule has 2 amide bonds. The predicted molar refractivity (Wildman–Crippen MR) is 81.1 cm³/mol. The molecule has 0 aromatic rings. The number of carboxylic acid groups (broad SMARTS) is 1. The van der Waals surface area contributed by atoms with Crippen molar-refractivity contribution in [1.82, 2.24) is 9.80 Å². The van der Waals surface area contributed by atoms with Gasteiger partial charge in [-0.05, 0) is 37.5 Å². The van der Waals surface area contributed by atoms with Gasteiger partial charge in [0.15, 0.2) is 0 Å². The molecule has 0 heterocycles. The van der Waals surface area contributed by atoms with Crippen LogP contribution in [0.2, 0.25) is 0 Å². The summed E-state index contributed by atoms with van der Waals surface area (Å²) < 4.78 is 0. The Balaban J connectivity index is 2.05. The summed E-state index contributed by atoms with van der Waals surface area (Å²) in [5, 5.41) is 9.08. The Morgan fingerprint density at radius 1 is 1.14 bits per heavy atom. The maximum Gasteiger partial charge on any atom is 0.323 e. The minimum Gasteiger partial charge on any atom is -0.480 e. The van der Waals surface area contributed by atoms with Crippen LogP contribution in [-0.4, -0.2) is 52.6 Å². The second-order valence-electron chi connectivity index (χ2n) is 6.98. The number of nitrogens with zero attached hydrogens (tertiary/aromatic N) is 2. The van der Waals surface area contributed by atoms with Crippen LogP contribution in [0.1, 0.15) is 52.4 Å². The highest BCUT2D eigenvalue weighted by Gasteiger charge is 2.34. The van der Waals surface area contributed by atoms with Crippen LogP contribution in [0.3, 0.4) is 0 Å². The first kappa shape index (κ1) is 16.1. The molecule has 0 aromatic heterocycles. The van der Waals surface area contributed by atoms with Gasteiger partial charge in [-0.2, -0.15) is 0 Å². The van der Waals surface area contributed by atoms with Crippen LogP contribution < -0.4 is 0 Å². The van der Waals surface area contributed by atoms with Gasteiger partial charge in [0.2, 0.25) is 0 Å². The number of urea groups is 1. The van der Waals surface area contributed by atoms with Crippen molar-refractivity contribution in [2.24, 2.45) is 11.8 Å². The number of aliphatic carboxylic acids is 1. The van der Waals surface area contributed by atoms with E-state index in [1.807, 2.05) is 4.90 Å². The van der Waals surface area contributed by atoms with Crippen molar-refractivity contribution in [3.8, 4) is 0 Å². The summed E-state index contributed by atoms with van der Waals surface area (Å²) in [6.45, 7) is 5.38. The second kappa shape index (κ2) is 7.14. The predicted octanol–water partition coefficient (Wildman–Crippen LogP) is 2.80. The molecule has 0 aromatic carbocycles. The summed E-state index contributed by atoms with van der Waals surface area (Å²) in [5.74, 6) is -0.000139. The summed E-state index contributed by atoms with van der Waals surface area (Å²) in [5.41, 5.74) is 0. The maximum absolute atomic E-state index is 12.9. The van der Waals surface area contributed by atoms with Crippen molar-refractivity contribution >= 4 is 12.0 Å². The molecule has 5 heteroatoms. The van der Waals surface area contributed by atoms with Crippen LogP contribution in [0.15, 0.2) is 0 Å². The van der Waals surface area contributed by atoms with Crippen LogP contribution in [0.5, 0.6) is 0 Å². The Morgan fingerprint density at radius 3 is 2.24 bits per heavy atom. The lowest BCUT2D eigenvalue weighted by atomic mass is 10.1. The van der Waals surface area contributed by atoms with E-state index in [0.717, 1.165) is 32.2 Å². The minimum absolute atomic E-state index is 0.0649. The summed E-state index contributed by atoms with van der Waals surface area (Å²) in [7, 11) is 0. The molecule has 0 unspecified atom stereocenters. The molecule has 0 radical (unpaired) electrons. The maximum atomic E-state index is 12.9. The molecule has 2 fully saturated rings. The van der Waals surface area contributed by atoms with Gasteiger partial charge in [-0.15, -0.1) is 0 Å². The lowest BCUT2D eigenvalue weighted by molar-refractivity contribution is -0.137. The van der Waals surface area contributed by atoms with Gasteiger partial charge in [-0.25, -0.2) is 4.79 Å². The highest BCUT2D eigenvalue weighted by molar-refractivity contribution is 5.80. The van der Waals surface area contributed by atoms with Crippen LogP contribution in [-0.2, 0) is 4.79 Å². The van der Waals surface area contributed by atoms with E-state index in [0.29, 0.717) is 24.4 Å². The lowest BCUT2D eigenvalue weighted by Crippen LogP contribution is -2.50. The van der Waals surface area contributed by atoms with Gasteiger partial charge in [0.1, 0.15) is 6.54 Å². The van der Waals surface area contributed by atoms with E-state index in [1.54, 1.807) is 4.90 Å². The number of rotatable bonds is 7. The zero-order chi connectivity index (χ0) is 15.4. The third-order valence-corrected chi connectivity index (χ3v) is 4.35. The summed E-state index contributed by atoms with van der Waals surface area (Å²) in [4.78, 5) is 27.4. The van der Waals surface area contributed by atoms with Crippen molar-refractivity contribution in [2.75, 3.05) is 19.6 Å². The van der Waals surface area contributed by atoms with Gasteiger partial charge in [0.25, 0.3) is 0 Å². The van der Waals surface area contributed by atoms with Crippen molar-refractivity contribution in [3.63, 3.8) is 0 Å². The van der Waals surface area contributed by atoms with E-state index in [4.69, 9.17) is 5.11 Å². The summed E-state index contributed by atoms with van der Waals surface area (Å²) in [6, 6.07) is 0.236. The molecular formula is C16H28N2O3. The summed E-state index contributed by atoms with van der Waals surface area (Å²) >= 11 is 0. The van der Waals surface area contributed by atoms with Crippen LogP contribution >= 0.6 is 0 Å². The van der Waals surface area contributed by atoms with Gasteiger partial charge >= 0.3 is 12.0 Å². The van der Waals surface area contributed by atoms with E-state index in [9.17, 15) is 9.59 Å². The number of carbonyl (C=O) groups excluding carboxylic acids is 1. The molecule has 2 rings (SSSR count). The summed E-state index contributed by atoms with van der Waals surface area (Å²) in [6.07, 6.45) is 6.71.